The van der Waals surface area contributed by atoms with E-state index in [4.69, 9.17) is 4.74 Å². The van der Waals surface area contributed by atoms with E-state index in [0.29, 0.717) is 6.04 Å². The summed E-state index contributed by atoms with van der Waals surface area (Å²) in [6, 6.07) is 3.00. The van der Waals surface area contributed by atoms with Crippen molar-refractivity contribution in [3.05, 3.63) is 0 Å². The van der Waals surface area contributed by atoms with Crippen LogP contribution in [-0.4, -0.2) is 61.4 Å². The topological polar surface area (TPSA) is 36.5 Å². The van der Waals surface area contributed by atoms with Crippen LogP contribution in [0.3, 0.4) is 0 Å². The molecule has 2 N–H and O–H groups in total. The highest BCUT2D eigenvalue weighted by molar-refractivity contribution is 5.03. The Morgan fingerprint density at radius 1 is 1.17 bits per heavy atom. The fourth-order valence-corrected chi connectivity index (χ4v) is 4.48. The first-order chi connectivity index (χ1) is 8.74. The molecule has 3 atom stereocenters. The summed E-state index contributed by atoms with van der Waals surface area (Å²) in [4.78, 5) is 2.61. The van der Waals surface area contributed by atoms with Gasteiger partial charge in [-0.25, -0.2) is 0 Å². The van der Waals surface area contributed by atoms with Gasteiger partial charge in [0.05, 0.1) is 12.2 Å². The molecule has 4 heteroatoms. The Bertz CT molecular complexity index is 317. The van der Waals surface area contributed by atoms with Gasteiger partial charge in [-0.15, -0.1) is 0 Å². The first kappa shape index (κ1) is 11.6. The van der Waals surface area contributed by atoms with Crippen molar-refractivity contribution >= 4 is 0 Å². The molecule has 102 valence electrons. The van der Waals surface area contributed by atoms with Crippen molar-refractivity contribution in [1.82, 2.24) is 15.5 Å². The SMILES string of the molecule is CN1C2CCC1CC(NC1COC3(CNC3)C1)C2. The summed E-state index contributed by atoms with van der Waals surface area (Å²) >= 11 is 0. The van der Waals surface area contributed by atoms with E-state index in [-0.39, 0.29) is 5.60 Å². The van der Waals surface area contributed by atoms with Gasteiger partial charge in [-0.1, -0.05) is 0 Å². The molecule has 2 bridgehead atoms. The Labute approximate surface area is 109 Å². The van der Waals surface area contributed by atoms with Gasteiger partial charge in [0.1, 0.15) is 0 Å². The average molecular weight is 251 g/mol. The highest BCUT2D eigenvalue weighted by Gasteiger charge is 2.46. The minimum atomic E-state index is 0.197. The second-order valence-electron chi connectivity index (χ2n) is 6.88. The lowest BCUT2D eigenvalue weighted by Gasteiger charge is -2.39. The van der Waals surface area contributed by atoms with Gasteiger partial charge in [-0.2, -0.15) is 0 Å². The molecule has 3 unspecified atom stereocenters. The number of nitrogens with zero attached hydrogens (tertiary/aromatic N) is 1. The molecule has 0 radical (unpaired) electrons. The Kier molecular flexibility index (Phi) is 2.70. The number of hydrogen-bond acceptors (Lipinski definition) is 4. The number of hydrogen-bond donors (Lipinski definition) is 2. The summed E-state index contributed by atoms with van der Waals surface area (Å²) in [5, 5.41) is 7.22. The lowest BCUT2D eigenvalue weighted by atomic mass is 9.90. The van der Waals surface area contributed by atoms with Crippen molar-refractivity contribution < 1.29 is 4.74 Å². The van der Waals surface area contributed by atoms with Crippen LogP contribution >= 0.6 is 0 Å². The quantitative estimate of drug-likeness (QED) is 0.742. The van der Waals surface area contributed by atoms with E-state index in [1.807, 2.05) is 0 Å². The minimum absolute atomic E-state index is 0.197. The van der Waals surface area contributed by atoms with Crippen LogP contribution in [0.4, 0.5) is 0 Å². The average Bonchev–Trinajstić information content (AvgIpc) is 2.79. The molecule has 1 spiro atoms. The van der Waals surface area contributed by atoms with Crippen LogP contribution < -0.4 is 10.6 Å². The first-order valence-electron chi connectivity index (χ1n) is 7.57. The molecule has 0 saturated carbocycles. The van der Waals surface area contributed by atoms with Gasteiger partial charge in [0, 0.05) is 37.3 Å². The highest BCUT2D eigenvalue weighted by Crippen LogP contribution is 2.35. The number of fused-ring (bicyclic) bond motifs is 2. The molecule has 4 aliphatic rings. The molecule has 0 aliphatic carbocycles. The smallest absolute Gasteiger partial charge is 0.0946 e. The number of nitrogens with one attached hydrogen (secondary N) is 2. The largest absolute Gasteiger partial charge is 0.371 e. The summed E-state index contributed by atoms with van der Waals surface area (Å²) < 4.78 is 5.99. The molecule has 0 aromatic rings. The summed E-state index contributed by atoms with van der Waals surface area (Å²) in [6.07, 6.45) is 6.72. The maximum Gasteiger partial charge on any atom is 0.0946 e. The third-order valence-corrected chi connectivity index (χ3v) is 5.67. The van der Waals surface area contributed by atoms with Crippen LogP contribution in [0.2, 0.25) is 0 Å². The van der Waals surface area contributed by atoms with Crippen LogP contribution in [0.15, 0.2) is 0 Å². The fraction of sp³-hybridized carbons (Fsp3) is 1.00. The van der Waals surface area contributed by atoms with Gasteiger partial charge in [-0.3, -0.25) is 0 Å². The van der Waals surface area contributed by atoms with Crippen molar-refractivity contribution in [2.75, 3.05) is 26.7 Å². The molecule has 4 rings (SSSR count). The van der Waals surface area contributed by atoms with E-state index in [1.54, 1.807) is 0 Å². The summed E-state index contributed by atoms with van der Waals surface area (Å²) in [5.74, 6) is 0. The second kappa shape index (κ2) is 4.17. The van der Waals surface area contributed by atoms with Gasteiger partial charge in [0.25, 0.3) is 0 Å². The van der Waals surface area contributed by atoms with Gasteiger partial charge in [-0.05, 0) is 39.2 Å². The van der Waals surface area contributed by atoms with Crippen molar-refractivity contribution in [2.24, 2.45) is 0 Å². The van der Waals surface area contributed by atoms with E-state index in [1.165, 1.54) is 32.1 Å². The lowest BCUT2D eigenvalue weighted by Crippen LogP contribution is -2.59. The van der Waals surface area contributed by atoms with Crippen LogP contribution in [0, 0.1) is 0 Å². The molecule has 4 fully saturated rings. The molecule has 18 heavy (non-hydrogen) atoms. The van der Waals surface area contributed by atoms with Gasteiger partial charge in [0.2, 0.25) is 0 Å². The van der Waals surface area contributed by atoms with Crippen LogP contribution in [0.5, 0.6) is 0 Å². The summed E-state index contributed by atoms with van der Waals surface area (Å²) in [6.45, 7) is 3.04. The number of ether oxygens (including phenoxy) is 1. The highest BCUT2D eigenvalue weighted by atomic mass is 16.5. The third kappa shape index (κ3) is 1.82. The van der Waals surface area contributed by atoms with Crippen molar-refractivity contribution in [3.63, 3.8) is 0 Å². The van der Waals surface area contributed by atoms with Crippen LogP contribution in [0.1, 0.15) is 32.1 Å². The van der Waals surface area contributed by atoms with Gasteiger partial charge in [0.15, 0.2) is 0 Å². The van der Waals surface area contributed by atoms with E-state index in [2.05, 4.69) is 22.6 Å². The Morgan fingerprint density at radius 2 is 1.89 bits per heavy atom. The Morgan fingerprint density at radius 3 is 2.44 bits per heavy atom. The molecular weight excluding hydrogens is 226 g/mol. The fourth-order valence-electron chi connectivity index (χ4n) is 4.48. The summed E-state index contributed by atoms with van der Waals surface area (Å²) in [7, 11) is 2.31. The Balaban J connectivity index is 1.33. The molecule has 4 nitrogen and oxygen atoms in total. The molecule has 4 aliphatic heterocycles. The predicted octanol–water partition coefficient (Wildman–Crippen LogP) is 0.332. The van der Waals surface area contributed by atoms with Gasteiger partial charge >= 0.3 is 0 Å². The minimum Gasteiger partial charge on any atom is -0.371 e. The third-order valence-electron chi connectivity index (χ3n) is 5.67. The zero-order valence-corrected chi connectivity index (χ0v) is 11.3. The maximum atomic E-state index is 5.99. The lowest BCUT2D eigenvalue weighted by molar-refractivity contribution is -0.0361. The van der Waals surface area contributed by atoms with E-state index in [9.17, 15) is 0 Å². The van der Waals surface area contributed by atoms with Crippen molar-refractivity contribution in [2.45, 2.75) is 61.9 Å². The number of piperidine rings is 1. The van der Waals surface area contributed by atoms with Crippen LogP contribution in [-0.2, 0) is 4.74 Å². The second-order valence-corrected chi connectivity index (χ2v) is 6.88. The maximum absolute atomic E-state index is 5.99. The predicted molar refractivity (Wildman–Crippen MR) is 70.7 cm³/mol. The zero-order chi connectivity index (χ0) is 12.2. The molecule has 0 aromatic carbocycles. The van der Waals surface area contributed by atoms with Crippen molar-refractivity contribution in [3.8, 4) is 0 Å². The van der Waals surface area contributed by atoms with E-state index < -0.39 is 0 Å². The standard InChI is InChI=1S/C14H25N3O/c1-17-12-2-3-13(17)5-10(4-12)16-11-6-14(18-7-11)8-15-9-14/h10-13,15-16H,2-9H2,1H3. The first-order valence-corrected chi connectivity index (χ1v) is 7.57. The monoisotopic (exact) mass is 251 g/mol. The van der Waals surface area contributed by atoms with E-state index in [0.717, 1.165) is 37.8 Å². The molecule has 0 amide bonds. The zero-order valence-electron chi connectivity index (χ0n) is 11.3. The molecule has 0 aromatic heterocycles. The van der Waals surface area contributed by atoms with E-state index >= 15 is 0 Å². The van der Waals surface area contributed by atoms with Crippen molar-refractivity contribution in [1.29, 1.82) is 0 Å². The normalized spacial score (nSPS) is 46.5. The Hall–Kier alpha value is -0.160. The number of rotatable bonds is 2. The van der Waals surface area contributed by atoms with Gasteiger partial charge < -0.3 is 20.3 Å². The van der Waals surface area contributed by atoms with Crippen LogP contribution in [0.25, 0.3) is 0 Å². The molecule has 4 saturated heterocycles. The summed E-state index contributed by atoms with van der Waals surface area (Å²) in [5.41, 5.74) is 0.197. The molecular formula is C14H25N3O. The molecule has 4 heterocycles.